The van der Waals surface area contributed by atoms with Crippen molar-refractivity contribution < 1.29 is 9.21 Å². The maximum absolute atomic E-state index is 12.4. The number of halogens is 1. The molecular weight excluding hydrogens is 408 g/mol. The highest BCUT2D eigenvalue weighted by Gasteiger charge is 2.19. The molecule has 0 bridgehead atoms. The lowest BCUT2D eigenvalue weighted by Crippen LogP contribution is -2.22. The van der Waals surface area contributed by atoms with Crippen LogP contribution in [0.4, 0.5) is 5.69 Å². The van der Waals surface area contributed by atoms with Crippen molar-refractivity contribution in [2.24, 2.45) is 0 Å². The molecule has 1 aromatic carbocycles. The molecule has 1 unspecified atom stereocenters. The summed E-state index contributed by atoms with van der Waals surface area (Å²) in [6.07, 6.45) is 2.99. The third kappa shape index (κ3) is 4.67. The van der Waals surface area contributed by atoms with Gasteiger partial charge in [0.25, 0.3) is 5.22 Å². The summed E-state index contributed by atoms with van der Waals surface area (Å²) in [6.45, 7) is 4.11. The van der Waals surface area contributed by atoms with Gasteiger partial charge in [-0.15, -0.1) is 10.2 Å². The molecule has 2 heterocycles. The molecule has 10 heteroatoms. The minimum Gasteiger partial charge on any atom is -0.414 e. The van der Waals surface area contributed by atoms with Crippen molar-refractivity contribution in [2.45, 2.75) is 30.9 Å². The van der Waals surface area contributed by atoms with Crippen LogP contribution in [0.25, 0.3) is 0 Å². The zero-order chi connectivity index (χ0) is 17.8. The summed E-state index contributed by atoms with van der Waals surface area (Å²) < 4.78 is 7.95. The van der Waals surface area contributed by atoms with Gasteiger partial charge in [0.05, 0.1) is 10.9 Å². The average molecular weight is 423 g/mol. The Bertz CT molecular complexity index is 867. The van der Waals surface area contributed by atoms with E-state index < -0.39 is 5.25 Å². The first-order valence-electron chi connectivity index (χ1n) is 7.40. The zero-order valence-corrected chi connectivity index (χ0v) is 15.9. The second-order valence-electron chi connectivity index (χ2n) is 5.29. The molecule has 0 aliphatic rings. The van der Waals surface area contributed by atoms with Crippen LogP contribution in [0.5, 0.6) is 0 Å². The van der Waals surface area contributed by atoms with Gasteiger partial charge in [-0.25, -0.2) is 9.67 Å². The number of aromatic nitrogens is 5. The lowest BCUT2D eigenvalue weighted by molar-refractivity contribution is -0.115. The summed E-state index contributed by atoms with van der Waals surface area (Å²) >= 11 is 4.65. The molecule has 1 atom stereocenters. The van der Waals surface area contributed by atoms with Crippen molar-refractivity contribution in [3.63, 3.8) is 0 Å². The van der Waals surface area contributed by atoms with Gasteiger partial charge in [0.15, 0.2) is 0 Å². The van der Waals surface area contributed by atoms with Crippen molar-refractivity contribution in [1.29, 1.82) is 0 Å². The van der Waals surface area contributed by atoms with E-state index in [1.165, 1.54) is 18.1 Å². The van der Waals surface area contributed by atoms with E-state index in [9.17, 15) is 4.79 Å². The molecule has 0 saturated heterocycles. The van der Waals surface area contributed by atoms with Gasteiger partial charge in [0, 0.05) is 4.47 Å². The molecule has 1 N–H and O–H groups in total. The lowest BCUT2D eigenvalue weighted by Gasteiger charge is -2.11. The minimum absolute atomic E-state index is 0.148. The quantitative estimate of drug-likeness (QED) is 0.609. The molecular formula is C15H15BrN6O2S. The Balaban J connectivity index is 1.58. The van der Waals surface area contributed by atoms with Gasteiger partial charge >= 0.3 is 0 Å². The lowest BCUT2D eigenvalue weighted by atomic mass is 10.2. The van der Waals surface area contributed by atoms with E-state index in [2.05, 4.69) is 41.5 Å². The van der Waals surface area contributed by atoms with Crippen molar-refractivity contribution in [1.82, 2.24) is 25.0 Å². The molecule has 0 aliphatic carbocycles. The molecule has 130 valence electrons. The van der Waals surface area contributed by atoms with Crippen LogP contribution < -0.4 is 5.32 Å². The fourth-order valence-electron chi connectivity index (χ4n) is 1.96. The molecule has 0 aliphatic heterocycles. The molecule has 1 amide bonds. The van der Waals surface area contributed by atoms with Crippen LogP contribution >= 0.6 is 27.7 Å². The summed E-state index contributed by atoms with van der Waals surface area (Å²) in [5.74, 6) is 0.257. The van der Waals surface area contributed by atoms with Gasteiger partial charge in [0.2, 0.25) is 11.8 Å². The summed E-state index contributed by atoms with van der Waals surface area (Å²) in [6, 6.07) is 5.74. The highest BCUT2D eigenvalue weighted by atomic mass is 79.9. The number of anilines is 1. The van der Waals surface area contributed by atoms with Crippen molar-refractivity contribution in [3.8, 4) is 0 Å². The molecule has 0 fully saturated rings. The highest BCUT2D eigenvalue weighted by molar-refractivity contribution is 9.10. The van der Waals surface area contributed by atoms with Crippen LogP contribution in [0, 0.1) is 6.92 Å². The van der Waals surface area contributed by atoms with Gasteiger partial charge in [-0.2, -0.15) is 5.10 Å². The van der Waals surface area contributed by atoms with Crippen molar-refractivity contribution >= 4 is 39.3 Å². The molecule has 2 aromatic heterocycles. The van der Waals surface area contributed by atoms with Crippen molar-refractivity contribution in [2.75, 3.05) is 5.32 Å². The Morgan fingerprint density at radius 2 is 2.28 bits per heavy atom. The number of hydrogen-bond acceptors (Lipinski definition) is 7. The standard InChI is InChI=1S/C15H15BrN6O2S/c1-9-3-4-12(11(16)5-9)19-14(23)10(2)25-15-21-20-13(24-15)6-22-8-17-7-18-22/h3-5,7-8,10H,6H2,1-2H3,(H,19,23). The number of carbonyl (C=O) groups excluding carboxylic acids is 1. The maximum Gasteiger partial charge on any atom is 0.277 e. The summed E-state index contributed by atoms with van der Waals surface area (Å²) in [5.41, 5.74) is 1.83. The summed E-state index contributed by atoms with van der Waals surface area (Å²) in [5, 5.41) is 14.7. The smallest absolute Gasteiger partial charge is 0.277 e. The molecule has 25 heavy (non-hydrogen) atoms. The van der Waals surface area contributed by atoms with Crippen LogP contribution in [-0.4, -0.2) is 36.1 Å². The molecule has 0 saturated carbocycles. The second-order valence-corrected chi connectivity index (χ2v) is 7.43. The van der Waals surface area contributed by atoms with E-state index in [0.717, 1.165) is 15.7 Å². The summed E-state index contributed by atoms with van der Waals surface area (Å²) in [4.78, 5) is 16.2. The normalized spacial score (nSPS) is 12.1. The van der Waals surface area contributed by atoms with Crippen LogP contribution in [0.3, 0.4) is 0 Å². The largest absolute Gasteiger partial charge is 0.414 e. The van der Waals surface area contributed by atoms with E-state index >= 15 is 0 Å². The number of rotatable bonds is 6. The Morgan fingerprint density at radius 3 is 3.00 bits per heavy atom. The van der Waals surface area contributed by atoms with Crippen LogP contribution in [0.2, 0.25) is 0 Å². The number of carbonyl (C=O) groups is 1. The Kier molecular flexibility index (Phi) is 5.49. The number of amides is 1. The predicted molar refractivity (Wildman–Crippen MR) is 96.2 cm³/mol. The fourth-order valence-corrected chi connectivity index (χ4v) is 3.26. The third-order valence-electron chi connectivity index (χ3n) is 3.24. The second kappa shape index (κ2) is 7.79. The Labute approximate surface area is 156 Å². The van der Waals surface area contributed by atoms with Crippen LogP contribution in [-0.2, 0) is 11.3 Å². The van der Waals surface area contributed by atoms with Gasteiger partial charge in [-0.3, -0.25) is 4.79 Å². The average Bonchev–Trinajstić information content (AvgIpc) is 3.22. The highest BCUT2D eigenvalue weighted by Crippen LogP contribution is 2.26. The third-order valence-corrected chi connectivity index (χ3v) is 4.83. The predicted octanol–water partition coefficient (Wildman–Crippen LogP) is 2.90. The van der Waals surface area contributed by atoms with Crippen LogP contribution in [0.1, 0.15) is 18.4 Å². The minimum atomic E-state index is -0.395. The molecule has 0 spiro atoms. The number of thioether (sulfide) groups is 1. The van der Waals surface area contributed by atoms with Gasteiger partial charge in [0.1, 0.15) is 19.2 Å². The van der Waals surface area contributed by atoms with E-state index in [-0.39, 0.29) is 5.91 Å². The first kappa shape index (κ1) is 17.6. The van der Waals surface area contributed by atoms with E-state index in [0.29, 0.717) is 17.7 Å². The summed E-state index contributed by atoms with van der Waals surface area (Å²) in [7, 11) is 0. The number of nitrogens with one attached hydrogen (secondary N) is 1. The maximum atomic E-state index is 12.4. The number of benzene rings is 1. The van der Waals surface area contributed by atoms with Gasteiger partial charge in [-0.1, -0.05) is 17.8 Å². The molecule has 8 nitrogen and oxygen atoms in total. The Hall–Kier alpha value is -2.20. The Morgan fingerprint density at radius 1 is 1.44 bits per heavy atom. The first-order chi connectivity index (χ1) is 12.0. The fraction of sp³-hybridized carbons (Fsp3) is 0.267. The zero-order valence-electron chi connectivity index (χ0n) is 13.5. The number of aryl methyl sites for hydroxylation is 1. The molecule has 0 radical (unpaired) electrons. The van der Waals surface area contributed by atoms with E-state index in [4.69, 9.17) is 4.42 Å². The number of nitrogens with zero attached hydrogens (tertiary/aromatic N) is 5. The van der Waals surface area contributed by atoms with Gasteiger partial charge < -0.3 is 9.73 Å². The first-order valence-corrected chi connectivity index (χ1v) is 9.07. The van der Waals surface area contributed by atoms with E-state index in [1.807, 2.05) is 25.1 Å². The van der Waals surface area contributed by atoms with Gasteiger partial charge in [-0.05, 0) is 47.5 Å². The van der Waals surface area contributed by atoms with E-state index in [1.54, 1.807) is 17.9 Å². The topological polar surface area (TPSA) is 98.7 Å². The van der Waals surface area contributed by atoms with Crippen LogP contribution in [0.15, 0.2) is 45.0 Å². The van der Waals surface area contributed by atoms with Crippen molar-refractivity contribution in [3.05, 3.63) is 46.8 Å². The monoisotopic (exact) mass is 422 g/mol. The SMILES string of the molecule is Cc1ccc(NC(=O)C(C)Sc2nnc(Cn3cncn3)o2)c(Br)c1. The molecule has 3 aromatic rings. The number of hydrogen-bond donors (Lipinski definition) is 1. The molecule has 3 rings (SSSR count).